The Kier molecular flexibility index (Phi) is 4.24. The van der Waals surface area contributed by atoms with Gasteiger partial charge in [-0.3, -0.25) is 0 Å². The maximum atomic E-state index is 13.5. The molecule has 2 aromatic rings. The second kappa shape index (κ2) is 5.76. The molecule has 0 bridgehead atoms. The van der Waals surface area contributed by atoms with E-state index in [-0.39, 0.29) is 11.9 Å². The number of hydrogen-bond acceptors (Lipinski definition) is 1. The zero-order valence-electron chi connectivity index (χ0n) is 12.8. The predicted molar refractivity (Wildman–Crippen MR) is 82.7 cm³/mol. The quantitative estimate of drug-likeness (QED) is 0.874. The topological polar surface area (TPSA) is 12.0 Å². The molecule has 20 heavy (non-hydrogen) atoms. The molecule has 2 rings (SSSR count). The van der Waals surface area contributed by atoms with Crippen molar-refractivity contribution < 1.29 is 4.39 Å². The van der Waals surface area contributed by atoms with E-state index in [1.165, 1.54) is 22.3 Å². The molecule has 0 aliphatic heterocycles. The second-order valence-corrected chi connectivity index (χ2v) is 5.48. The van der Waals surface area contributed by atoms with Crippen molar-refractivity contribution in [3.63, 3.8) is 0 Å². The van der Waals surface area contributed by atoms with Crippen molar-refractivity contribution in [2.75, 3.05) is 7.05 Å². The van der Waals surface area contributed by atoms with Gasteiger partial charge in [0.25, 0.3) is 0 Å². The molecule has 1 unspecified atom stereocenters. The summed E-state index contributed by atoms with van der Waals surface area (Å²) in [6, 6.07) is 9.64. The first-order valence-electron chi connectivity index (χ1n) is 6.95. The average molecular weight is 271 g/mol. The van der Waals surface area contributed by atoms with Crippen LogP contribution in [0.4, 0.5) is 4.39 Å². The van der Waals surface area contributed by atoms with E-state index in [1.807, 2.05) is 20.9 Å². The number of halogens is 1. The molecule has 1 atom stereocenters. The van der Waals surface area contributed by atoms with E-state index in [4.69, 9.17) is 0 Å². The van der Waals surface area contributed by atoms with Gasteiger partial charge in [-0.25, -0.2) is 4.39 Å². The van der Waals surface area contributed by atoms with Gasteiger partial charge in [0.05, 0.1) is 6.04 Å². The van der Waals surface area contributed by atoms with E-state index in [9.17, 15) is 4.39 Å². The summed E-state index contributed by atoms with van der Waals surface area (Å²) in [6.45, 7) is 8.20. The van der Waals surface area contributed by atoms with Crippen molar-refractivity contribution in [2.24, 2.45) is 0 Å². The highest BCUT2D eigenvalue weighted by atomic mass is 19.1. The van der Waals surface area contributed by atoms with Gasteiger partial charge in [-0.1, -0.05) is 18.2 Å². The summed E-state index contributed by atoms with van der Waals surface area (Å²) in [7, 11) is 1.96. The normalized spacial score (nSPS) is 12.5. The lowest BCUT2D eigenvalue weighted by Gasteiger charge is -2.25. The van der Waals surface area contributed by atoms with Crippen LogP contribution in [0.1, 0.15) is 39.4 Å². The Morgan fingerprint density at radius 3 is 1.75 bits per heavy atom. The molecule has 0 amide bonds. The molecule has 106 valence electrons. The number of hydrogen-bond donors (Lipinski definition) is 1. The van der Waals surface area contributed by atoms with Gasteiger partial charge in [-0.2, -0.15) is 0 Å². The van der Waals surface area contributed by atoms with Crippen LogP contribution in [-0.4, -0.2) is 7.05 Å². The summed E-state index contributed by atoms with van der Waals surface area (Å²) >= 11 is 0. The van der Waals surface area contributed by atoms with E-state index in [0.29, 0.717) is 0 Å². The Labute approximate surface area is 120 Å². The van der Waals surface area contributed by atoms with Crippen molar-refractivity contribution in [3.05, 3.63) is 69.5 Å². The number of benzene rings is 2. The first-order chi connectivity index (χ1) is 9.45. The fourth-order valence-corrected chi connectivity index (χ4v) is 3.09. The van der Waals surface area contributed by atoms with Gasteiger partial charge in [-0.15, -0.1) is 0 Å². The highest BCUT2D eigenvalue weighted by Gasteiger charge is 2.20. The van der Waals surface area contributed by atoms with Crippen molar-refractivity contribution in [3.8, 4) is 0 Å². The summed E-state index contributed by atoms with van der Waals surface area (Å²) in [4.78, 5) is 0. The predicted octanol–water partition coefficient (Wildman–Crippen LogP) is 4.37. The molecule has 0 fully saturated rings. The SMILES string of the molecule is CNC(c1c(C)cccc1C)c1c(C)cc(F)cc1C. The van der Waals surface area contributed by atoms with Crippen molar-refractivity contribution >= 4 is 0 Å². The van der Waals surface area contributed by atoms with E-state index in [0.717, 1.165) is 11.1 Å². The Morgan fingerprint density at radius 1 is 0.850 bits per heavy atom. The van der Waals surface area contributed by atoms with Gasteiger partial charge in [0.1, 0.15) is 5.82 Å². The van der Waals surface area contributed by atoms with Crippen LogP contribution in [0.3, 0.4) is 0 Å². The number of nitrogens with one attached hydrogen (secondary N) is 1. The van der Waals surface area contributed by atoms with E-state index in [2.05, 4.69) is 37.4 Å². The molecular formula is C18H22FN. The van der Waals surface area contributed by atoms with E-state index < -0.39 is 0 Å². The van der Waals surface area contributed by atoms with Crippen molar-refractivity contribution in [1.82, 2.24) is 5.32 Å². The molecule has 0 radical (unpaired) electrons. The molecule has 0 aliphatic carbocycles. The highest BCUT2D eigenvalue weighted by Crippen LogP contribution is 2.32. The van der Waals surface area contributed by atoms with Crippen LogP contribution in [0.5, 0.6) is 0 Å². The fourth-order valence-electron chi connectivity index (χ4n) is 3.09. The minimum absolute atomic E-state index is 0.0943. The summed E-state index contributed by atoms with van der Waals surface area (Å²) < 4.78 is 13.5. The lowest BCUT2D eigenvalue weighted by atomic mass is 9.87. The maximum Gasteiger partial charge on any atom is 0.123 e. The Bertz CT molecular complexity index is 588. The Balaban J connectivity index is 2.65. The molecule has 2 aromatic carbocycles. The van der Waals surface area contributed by atoms with Crippen LogP contribution in [0.15, 0.2) is 30.3 Å². The third-order valence-electron chi connectivity index (χ3n) is 3.97. The smallest absolute Gasteiger partial charge is 0.123 e. The van der Waals surface area contributed by atoms with Crippen LogP contribution < -0.4 is 5.32 Å². The Hall–Kier alpha value is -1.67. The van der Waals surface area contributed by atoms with Gasteiger partial charge in [-0.05, 0) is 80.3 Å². The minimum atomic E-state index is -0.167. The number of aryl methyl sites for hydroxylation is 4. The summed E-state index contributed by atoms with van der Waals surface area (Å²) in [6.07, 6.45) is 0. The van der Waals surface area contributed by atoms with Gasteiger partial charge >= 0.3 is 0 Å². The maximum absolute atomic E-state index is 13.5. The Morgan fingerprint density at radius 2 is 1.30 bits per heavy atom. The molecule has 1 nitrogen and oxygen atoms in total. The molecular weight excluding hydrogens is 249 g/mol. The molecule has 0 saturated carbocycles. The average Bonchev–Trinajstić information content (AvgIpc) is 2.35. The van der Waals surface area contributed by atoms with Crippen LogP contribution in [0, 0.1) is 33.5 Å². The van der Waals surface area contributed by atoms with Crippen molar-refractivity contribution in [2.45, 2.75) is 33.7 Å². The van der Waals surface area contributed by atoms with Crippen LogP contribution in [-0.2, 0) is 0 Å². The molecule has 0 spiro atoms. The molecule has 0 saturated heterocycles. The lowest BCUT2D eigenvalue weighted by Crippen LogP contribution is -2.22. The number of rotatable bonds is 3. The zero-order valence-corrected chi connectivity index (χ0v) is 12.8. The third-order valence-corrected chi connectivity index (χ3v) is 3.97. The van der Waals surface area contributed by atoms with E-state index in [1.54, 1.807) is 12.1 Å². The third kappa shape index (κ3) is 2.61. The van der Waals surface area contributed by atoms with Crippen molar-refractivity contribution in [1.29, 1.82) is 0 Å². The van der Waals surface area contributed by atoms with Gasteiger partial charge in [0, 0.05) is 0 Å². The summed E-state index contributed by atoms with van der Waals surface area (Å²) in [5, 5.41) is 3.39. The molecule has 0 heterocycles. The van der Waals surface area contributed by atoms with Gasteiger partial charge in [0.15, 0.2) is 0 Å². The van der Waals surface area contributed by atoms with Gasteiger partial charge in [0.2, 0.25) is 0 Å². The van der Waals surface area contributed by atoms with Crippen LogP contribution in [0.25, 0.3) is 0 Å². The fraction of sp³-hybridized carbons (Fsp3) is 0.333. The summed E-state index contributed by atoms with van der Waals surface area (Å²) in [5.74, 6) is -0.167. The lowest BCUT2D eigenvalue weighted by molar-refractivity contribution is 0.618. The molecule has 0 aliphatic rings. The first kappa shape index (κ1) is 14.7. The first-order valence-corrected chi connectivity index (χ1v) is 6.95. The second-order valence-electron chi connectivity index (χ2n) is 5.48. The molecule has 1 N–H and O–H groups in total. The van der Waals surface area contributed by atoms with Crippen LogP contribution >= 0.6 is 0 Å². The highest BCUT2D eigenvalue weighted by molar-refractivity contribution is 5.47. The van der Waals surface area contributed by atoms with E-state index >= 15 is 0 Å². The molecule has 0 aromatic heterocycles. The van der Waals surface area contributed by atoms with Gasteiger partial charge < -0.3 is 5.32 Å². The zero-order chi connectivity index (χ0) is 14.9. The molecule has 2 heteroatoms. The van der Waals surface area contributed by atoms with Crippen LogP contribution in [0.2, 0.25) is 0 Å². The monoisotopic (exact) mass is 271 g/mol. The minimum Gasteiger partial charge on any atom is -0.309 e. The summed E-state index contributed by atoms with van der Waals surface area (Å²) in [5.41, 5.74) is 6.95. The largest absolute Gasteiger partial charge is 0.309 e. The standard InChI is InChI=1S/C18H22FN/c1-11-7-6-8-12(2)16(11)18(20-5)17-13(3)9-15(19)10-14(17)4/h6-10,18,20H,1-5H3.